The van der Waals surface area contributed by atoms with Gasteiger partial charge in [-0.15, -0.1) is 0 Å². The number of benzene rings is 2. The predicted molar refractivity (Wildman–Crippen MR) is 83.0 cm³/mol. The van der Waals surface area contributed by atoms with Crippen molar-refractivity contribution < 1.29 is 14.3 Å². The van der Waals surface area contributed by atoms with Crippen molar-refractivity contribution in [1.29, 1.82) is 0 Å². The zero-order chi connectivity index (χ0) is 15.1. The summed E-state index contributed by atoms with van der Waals surface area (Å²) in [6, 6.07) is 15.6. The quantitative estimate of drug-likeness (QED) is 0.759. The molecule has 0 radical (unpaired) electrons. The minimum absolute atomic E-state index is 0.246. The van der Waals surface area contributed by atoms with Crippen molar-refractivity contribution in [2.75, 3.05) is 7.11 Å². The highest BCUT2D eigenvalue weighted by Crippen LogP contribution is 2.23. The first kappa shape index (κ1) is 14.9. The lowest BCUT2D eigenvalue weighted by Gasteiger charge is -2.11. The van der Waals surface area contributed by atoms with E-state index in [1.54, 1.807) is 6.08 Å². The number of esters is 1. The molecule has 0 fully saturated rings. The summed E-state index contributed by atoms with van der Waals surface area (Å²) < 4.78 is 10.5. The summed E-state index contributed by atoms with van der Waals surface area (Å²) in [4.78, 5) is 11.3. The van der Waals surface area contributed by atoms with Crippen molar-refractivity contribution in [3.8, 4) is 5.75 Å². The molecule has 0 saturated carbocycles. The Morgan fingerprint density at radius 2 is 1.90 bits per heavy atom. The summed E-state index contributed by atoms with van der Waals surface area (Å²) in [5.74, 6) is 0.491. The van der Waals surface area contributed by atoms with E-state index in [4.69, 9.17) is 4.74 Å². The molecular formula is C18H18O3. The van der Waals surface area contributed by atoms with Crippen LogP contribution in [0.4, 0.5) is 0 Å². The first-order valence-electron chi connectivity index (χ1n) is 6.72. The molecule has 0 aliphatic rings. The molecule has 0 bridgehead atoms. The van der Waals surface area contributed by atoms with E-state index in [0.29, 0.717) is 6.61 Å². The summed E-state index contributed by atoms with van der Waals surface area (Å²) in [5, 5.41) is 0. The van der Waals surface area contributed by atoms with Crippen molar-refractivity contribution in [1.82, 2.24) is 0 Å². The van der Waals surface area contributed by atoms with E-state index >= 15 is 0 Å². The van der Waals surface area contributed by atoms with Crippen LogP contribution in [0.2, 0.25) is 0 Å². The van der Waals surface area contributed by atoms with Crippen molar-refractivity contribution >= 4 is 12.0 Å². The Morgan fingerprint density at radius 3 is 2.57 bits per heavy atom. The number of hydrogen-bond donors (Lipinski definition) is 0. The fourth-order valence-corrected chi connectivity index (χ4v) is 1.97. The minimum Gasteiger partial charge on any atom is -0.488 e. The van der Waals surface area contributed by atoms with Crippen LogP contribution in [-0.4, -0.2) is 13.1 Å². The standard InChI is InChI=1S/C18H18O3/c1-3-16-11-15(12-18(19)20-2)9-10-17(16)21-13-14-7-5-4-6-8-14/h3-11H,1,12-13H2,2H3. The first-order valence-corrected chi connectivity index (χ1v) is 6.72. The largest absolute Gasteiger partial charge is 0.488 e. The van der Waals surface area contributed by atoms with Gasteiger partial charge in [0.2, 0.25) is 0 Å². The van der Waals surface area contributed by atoms with Crippen LogP contribution in [0.25, 0.3) is 6.08 Å². The van der Waals surface area contributed by atoms with Crippen molar-refractivity contribution in [2.45, 2.75) is 13.0 Å². The third-order valence-electron chi connectivity index (χ3n) is 3.11. The van der Waals surface area contributed by atoms with Gasteiger partial charge in [0.15, 0.2) is 0 Å². The Balaban J connectivity index is 2.09. The topological polar surface area (TPSA) is 35.5 Å². The maximum atomic E-state index is 11.3. The maximum absolute atomic E-state index is 11.3. The van der Waals surface area contributed by atoms with Crippen LogP contribution in [0, 0.1) is 0 Å². The Kier molecular flexibility index (Phi) is 5.16. The molecule has 2 aromatic rings. The van der Waals surface area contributed by atoms with Crippen LogP contribution >= 0.6 is 0 Å². The molecular weight excluding hydrogens is 264 g/mol. The normalized spacial score (nSPS) is 9.95. The third kappa shape index (κ3) is 4.21. The van der Waals surface area contributed by atoms with Gasteiger partial charge in [0.1, 0.15) is 12.4 Å². The Labute approximate surface area is 124 Å². The van der Waals surface area contributed by atoms with Gasteiger partial charge in [-0.05, 0) is 23.3 Å². The number of carbonyl (C=O) groups excluding carboxylic acids is 1. The third-order valence-corrected chi connectivity index (χ3v) is 3.11. The lowest BCUT2D eigenvalue weighted by atomic mass is 10.1. The molecule has 0 amide bonds. The molecule has 2 rings (SSSR count). The SMILES string of the molecule is C=Cc1cc(CC(=O)OC)ccc1OCc1ccccc1. The number of methoxy groups -OCH3 is 1. The second-order valence-corrected chi connectivity index (χ2v) is 4.60. The van der Waals surface area contributed by atoms with E-state index in [9.17, 15) is 4.79 Å². The van der Waals surface area contributed by atoms with E-state index in [1.165, 1.54) is 7.11 Å². The highest BCUT2D eigenvalue weighted by Gasteiger charge is 2.07. The fraction of sp³-hybridized carbons (Fsp3) is 0.167. The monoisotopic (exact) mass is 282 g/mol. The molecule has 0 aliphatic heterocycles. The van der Waals surface area contributed by atoms with E-state index < -0.39 is 0 Å². The second kappa shape index (κ2) is 7.29. The smallest absolute Gasteiger partial charge is 0.309 e. The molecule has 0 heterocycles. The Hall–Kier alpha value is -2.55. The van der Waals surface area contributed by atoms with E-state index in [2.05, 4.69) is 11.3 Å². The predicted octanol–water partition coefficient (Wildman–Crippen LogP) is 3.62. The van der Waals surface area contributed by atoms with Gasteiger partial charge in [0.25, 0.3) is 0 Å². The molecule has 0 saturated heterocycles. The van der Waals surface area contributed by atoms with Crippen LogP contribution in [0.1, 0.15) is 16.7 Å². The van der Waals surface area contributed by atoms with E-state index in [1.807, 2.05) is 48.5 Å². The highest BCUT2D eigenvalue weighted by molar-refractivity contribution is 5.73. The molecule has 3 heteroatoms. The summed E-state index contributed by atoms with van der Waals surface area (Å²) >= 11 is 0. The van der Waals surface area contributed by atoms with Gasteiger partial charge in [-0.3, -0.25) is 4.79 Å². The number of ether oxygens (including phenoxy) is 2. The lowest BCUT2D eigenvalue weighted by Crippen LogP contribution is -2.05. The minimum atomic E-state index is -0.261. The molecule has 0 aromatic heterocycles. The zero-order valence-electron chi connectivity index (χ0n) is 12.0. The molecule has 108 valence electrons. The first-order chi connectivity index (χ1) is 10.2. The average molecular weight is 282 g/mol. The number of carbonyl (C=O) groups is 1. The van der Waals surface area contributed by atoms with Gasteiger partial charge < -0.3 is 9.47 Å². The summed E-state index contributed by atoms with van der Waals surface area (Å²) in [6.45, 7) is 4.29. The fourth-order valence-electron chi connectivity index (χ4n) is 1.97. The molecule has 0 unspecified atom stereocenters. The molecule has 21 heavy (non-hydrogen) atoms. The maximum Gasteiger partial charge on any atom is 0.309 e. The Bertz CT molecular complexity index is 618. The molecule has 0 N–H and O–H groups in total. The molecule has 0 aliphatic carbocycles. The van der Waals surface area contributed by atoms with E-state index in [-0.39, 0.29) is 12.4 Å². The second-order valence-electron chi connectivity index (χ2n) is 4.60. The van der Waals surface area contributed by atoms with Gasteiger partial charge in [-0.2, -0.15) is 0 Å². The summed E-state index contributed by atoms with van der Waals surface area (Å²) in [5.41, 5.74) is 2.85. The van der Waals surface area contributed by atoms with Crippen molar-refractivity contribution in [2.24, 2.45) is 0 Å². The van der Waals surface area contributed by atoms with Crippen LogP contribution in [0.15, 0.2) is 55.1 Å². The molecule has 2 aromatic carbocycles. The molecule has 0 spiro atoms. The van der Waals surface area contributed by atoms with E-state index in [0.717, 1.165) is 22.4 Å². The van der Waals surface area contributed by atoms with Gasteiger partial charge in [0.05, 0.1) is 13.5 Å². The average Bonchev–Trinajstić information content (AvgIpc) is 2.54. The summed E-state index contributed by atoms with van der Waals surface area (Å²) in [7, 11) is 1.38. The van der Waals surface area contributed by atoms with Crippen LogP contribution in [-0.2, 0) is 22.6 Å². The lowest BCUT2D eigenvalue weighted by molar-refractivity contribution is -0.139. The molecule has 0 atom stereocenters. The van der Waals surface area contributed by atoms with Gasteiger partial charge in [0, 0.05) is 5.56 Å². The number of rotatable bonds is 6. The summed E-state index contributed by atoms with van der Waals surface area (Å²) in [6.07, 6.45) is 1.97. The van der Waals surface area contributed by atoms with Gasteiger partial charge in [-0.25, -0.2) is 0 Å². The Morgan fingerprint density at radius 1 is 1.14 bits per heavy atom. The van der Waals surface area contributed by atoms with Crippen molar-refractivity contribution in [3.05, 3.63) is 71.8 Å². The molecule has 3 nitrogen and oxygen atoms in total. The zero-order valence-corrected chi connectivity index (χ0v) is 12.0. The van der Waals surface area contributed by atoms with Gasteiger partial charge >= 0.3 is 5.97 Å². The van der Waals surface area contributed by atoms with Crippen LogP contribution < -0.4 is 4.74 Å². The highest BCUT2D eigenvalue weighted by atomic mass is 16.5. The van der Waals surface area contributed by atoms with Crippen LogP contribution in [0.5, 0.6) is 5.75 Å². The van der Waals surface area contributed by atoms with Gasteiger partial charge in [-0.1, -0.05) is 49.1 Å². The van der Waals surface area contributed by atoms with Crippen LogP contribution in [0.3, 0.4) is 0 Å². The number of hydrogen-bond acceptors (Lipinski definition) is 3. The van der Waals surface area contributed by atoms with Crippen molar-refractivity contribution in [3.63, 3.8) is 0 Å².